The fraction of sp³-hybridized carbons (Fsp3) is 0.655. The predicted molar refractivity (Wildman–Crippen MR) is 146 cm³/mol. The quantitative estimate of drug-likeness (QED) is 0.209. The Morgan fingerprint density at radius 2 is 1.46 bits per heavy atom. The van der Waals surface area contributed by atoms with E-state index in [4.69, 9.17) is 23.7 Å². The second-order valence-electron chi connectivity index (χ2n) is 10.3. The first-order chi connectivity index (χ1) is 18.4. The SMILES string of the molecule is CCCOC(=O)OC(C)CN[C@@H](Cc1ccc(OC(=O)CCC(C)C)c(OC(=O)CCC(C)C)c1)C(=O)OC. The maximum atomic E-state index is 12.5. The molecule has 1 aromatic carbocycles. The number of rotatable bonds is 17. The molecule has 39 heavy (non-hydrogen) atoms. The van der Waals surface area contributed by atoms with Gasteiger partial charge < -0.3 is 29.0 Å². The van der Waals surface area contributed by atoms with E-state index in [2.05, 4.69) is 5.32 Å². The molecule has 0 fully saturated rings. The van der Waals surface area contributed by atoms with Crippen molar-refractivity contribution >= 4 is 24.1 Å². The van der Waals surface area contributed by atoms with Crippen LogP contribution in [0.15, 0.2) is 18.2 Å². The summed E-state index contributed by atoms with van der Waals surface area (Å²) < 4.78 is 26.1. The molecule has 1 rings (SSSR count). The molecule has 0 aromatic heterocycles. The van der Waals surface area contributed by atoms with Crippen LogP contribution in [0.4, 0.5) is 4.79 Å². The van der Waals surface area contributed by atoms with E-state index in [0.29, 0.717) is 36.7 Å². The summed E-state index contributed by atoms with van der Waals surface area (Å²) in [6.45, 7) is 12.0. The van der Waals surface area contributed by atoms with E-state index < -0.39 is 36.2 Å². The minimum absolute atomic E-state index is 0.109. The lowest BCUT2D eigenvalue weighted by Crippen LogP contribution is -2.43. The van der Waals surface area contributed by atoms with Gasteiger partial charge >= 0.3 is 24.1 Å². The Kier molecular flexibility index (Phi) is 15.8. The van der Waals surface area contributed by atoms with Crippen LogP contribution in [0.1, 0.15) is 79.2 Å². The highest BCUT2D eigenvalue weighted by Crippen LogP contribution is 2.30. The largest absolute Gasteiger partial charge is 0.508 e. The van der Waals surface area contributed by atoms with Crippen molar-refractivity contribution in [3.8, 4) is 11.5 Å². The van der Waals surface area contributed by atoms with Gasteiger partial charge in [-0.2, -0.15) is 0 Å². The number of nitrogens with one attached hydrogen (secondary N) is 1. The smallest absolute Gasteiger partial charge is 0.468 e. The standard InChI is InChI=1S/C29H45NO9/c1-8-15-36-29(34)37-21(6)18-30-23(28(33)35-7)16-22-11-12-24(38-26(31)13-9-19(2)3)25(17-22)39-27(32)14-10-20(4)5/h11-12,17,19-21,23,30H,8-10,13-16,18H2,1-7H3/t21?,23-/m0/s1. The Bertz CT molecular complexity index is 929. The van der Waals surface area contributed by atoms with Crippen molar-refractivity contribution in [2.45, 2.75) is 92.2 Å². The molecule has 10 nitrogen and oxygen atoms in total. The van der Waals surface area contributed by atoms with Crippen LogP contribution in [0.25, 0.3) is 0 Å². The second-order valence-corrected chi connectivity index (χ2v) is 10.3. The van der Waals surface area contributed by atoms with Crippen LogP contribution >= 0.6 is 0 Å². The molecule has 220 valence electrons. The lowest BCUT2D eigenvalue weighted by Gasteiger charge is -2.20. The van der Waals surface area contributed by atoms with Crippen LogP contribution in [0.3, 0.4) is 0 Å². The van der Waals surface area contributed by atoms with E-state index in [1.54, 1.807) is 25.1 Å². The van der Waals surface area contributed by atoms with Gasteiger partial charge in [-0.05, 0) is 62.1 Å². The Morgan fingerprint density at radius 1 is 0.872 bits per heavy atom. The van der Waals surface area contributed by atoms with Crippen LogP contribution < -0.4 is 14.8 Å². The summed E-state index contributed by atoms with van der Waals surface area (Å²) in [6, 6.07) is 4.04. The van der Waals surface area contributed by atoms with Gasteiger partial charge in [0.25, 0.3) is 0 Å². The fourth-order valence-electron chi connectivity index (χ4n) is 3.35. The molecule has 0 aliphatic carbocycles. The van der Waals surface area contributed by atoms with Crippen molar-refractivity contribution < 1.29 is 42.9 Å². The van der Waals surface area contributed by atoms with E-state index >= 15 is 0 Å². The lowest BCUT2D eigenvalue weighted by atomic mass is 10.0. The number of carbonyl (C=O) groups excluding carboxylic acids is 4. The fourth-order valence-corrected chi connectivity index (χ4v) is 3.35. The van der Waals surface area contributed by atoms with E-state index in [1.807, 2.05) is 34.6 Å². The first-order valence-electron chi connectivity index (χ1n) is 13.6. The van der Waals surface area contributed by atoms with Crippen LogP contribution in [-0.4, -0.2) is 56.5 Å². The van der Waals surface area contributed by atoms with Gasteiger partial charge in [0, 0.05) is 19.4 Å². The van der Waals surface area contributed by atoms with Crippen LogP contribution in [0, 0.1) is 11.8 Å². The van der Waals surface area contributed by atoms with Crippen molar-refractivity contribution in [1.29, 1.82) is 0 Å². The molecule has 1 unspecified atom stereocenters. The molecular weight excluding hydrogens is 506 g/mol. The molecule has 0 aliphatic heterocycles. The Balaban J connectivity index is 3.02. The zero-order chi connectivity index (χ0) is 29.4. The van der Waals surface area contributed by atoms with Gasteiger partial charge in [0.05, 0.1) is 13.7 Å². The summed E-state index contributed by atoms with van der Waals surface area (Å²) in [5.74, 6) is -0.468. The van der Waals surface area contributed by atoms with Gasteiger partial charge in [-0.1, -0.05) is 40.7 Å². The van der Waals surface area contributed by atoms with Gasteiger partial charge in [0.15, 0.2) is 11.5 Å². The number of carbonyl (C=O) groups is 4. The molecule has 0 saturated carbocycles. The lowest BCUT2D eigenvalue weighted by molar-refractivity contribution is -0.143. The third-order valence-corrected chi connectivity index (χ3v) is 5.61. The molecule has 0 spiro atoms. The number of hydrogen-bond acceptors (Lipinski definition) is 10. The molecule has 0 aliphatic rings. The van der Waals surface area contributed by atoms with Gasteiger partial charge in [0.1, 0.15) is 12.1 Å². The molecule has 1 aromatic rings. The maximum Gasteiger partial charge on any atom is 0.508 e. The van der Waals surface area contributed by atoms with Crippen LogP contribution in [0.2, 0.25) is 0 Å². The first kappa shape index (κ1) is 33.9. The molecule has 0 amide bonds. The molecule has 10 heteroatoms. The third kappa shape index (κ3) is 14.6. The number of benzene rings is 1. The van der Waals surface area contributed by atoms with Crippen molar-refractivity contribution in [1.82, 2.24) is 5.32 Å². The van der Waals surface area contributed by atoms with Gasteiger partial charge in [-0.25, -0.2) is 4.79 Å². The van der Waals surface area contributed by atoms with Crippen molar-refractivity contribution in [2.75, 3.05) is 20.3 Å². The Hall–Kier alpha value is -3.14. The average molecular weight is 552 g/mol. The van der Waals surface area contributed by atoms with Gasteiger partial charge in [-0.15, -0.1) is 0 Å². The van der Waals surface area contributed by atoms with E-state index in [0.717, 1.165) is 0 Å². The Labute approximate surface area is 232 Å². The highest BCUT2D eigenvalue weighted by Gasteiger charge is 2.23. The summed E-state index contributed by atoms with van der Waals surface area (Å²) in [7, 11) is 1.28. The highest BCUT2D eigenvalue weighted by atomic mass is 16.7. The first-order valence-corrected chi connectivity index (χ1v) is 13.6. The van der Waals surface area contributed by atoms with E-state index in [-0.39, 0.29) is 43.9 Å². The summed E-state index contributed by atoms with van der Waals surface area (Å²) in [5.41, 5.74) is 0.641. The molecule has 0 radical (unpaired) electrons. The summed E-state index contributed by atoms with van der Waals surface area (Å²) in [6.07, 6.45) is 1.30. The summed E-state index contributed by atoms with van der Waals surface area (Å²) >= 11 is 0. The number of hydrogen-bond donors (Lipinski definition) is 1. The average Bonchev–Trinajstić information content (AvgIpc) is 2.88. The van der Waals surface area contributed by atoms with E-state index in [1.165, 1.54) is 7.11 Å². The van der Waals surface area contributed by atoms with Crippen molar-refractivity contribution in [2.24, 2.45) is 11.8 Å². The summed E-state index contributed by atoms with van der Waals surface area (Å²) in [4.78, 5) is 49.0. The monoisotopic (exact) mass is 551 g/mol. The molecule has 1 N–H and O–H groups in total. The zero-order valence-corrected chi connectivity index (χ0v) is 24.4. The predicted octanol–water partition coefficient (Wildman–Crippen LogP) is 5.00. The van der Waals surface area contributed by atoms with Crippen LogP contribution in [0.5, 0.6) is 11.5 Å². The normalized spacial score (nSPS) is 12.5. The highest BCUT2D eigenvalue weighted by molar-refractivity contribution is 5.77. The maximum absolute atomic E-state index is 12.5. The Morgan fingerprint density at radius 3 is 2.00 bits per heavy atom. The van der Waals surface area contributed by atoms with Crippen LogP contribution in [-0.2, 0) is 35.0 Å². The number of esters is 3. The number of ether oxygens (including phenoxy) is 5. The van der Waals surface area contributed by atoms with Crippen molar-refractivity contribution in [3.05, 3.63) is 23.8 Å². The van der Waals surface area contributed by atoms with Crippen molar-refractivity contribution in [3.63, 3.8) is 0 Å². The molecule has 2 atom stereocenters. The second kappa shape index (κ2) is 18.2. The minimum atomic E-state index is -0.781. The minimum Gasteiger partial charge on any atom is -0.468 e. The third-order valence-electron chi connectivity index (χ3n) is 5.61. The topological polar surface area (TPSA) is 126 Å². The number of methoxy groups -OCH3 is 1. The van der Waals surface area contributed by atoms with Gasteiger partial charge in [0.2, 0.25) is 0 Å². The summed E-state index contributed by atoms with van der Waals surface area (Å²) in [5, 5.41) is 3.05. The molecule has 0 bridgehead atoms. The van der Waals surface area contributed by atoms with E-state index in [9.17, 15) is 19.2 Å². The molecule has 0 saturated heterocycles. The van der Waals surface area contributed by atoms with Gasteiger partial charge in [-0.3, -0.25) is 14.4 Å². The zero-order valence-electron chi connectivity index (χ0n) is 24.4. The molecular formula is C29H45NO9. The molecule has 0 heterocycles.